The van der Waals surface area contributed by atoms with Gasteiger partial charge in [-0.05, 0) is 58.7 Å². The molecule has 0 aliphatic heterocycles. The molecule has 1 amide bonds. The van der Waals surface area contributed by atoms with Crippen LogP contribution in [0.25, 0.3) is 21.8 Å². The third-order valence-corrected chi connectivity index (χ3v) is 5.54. The van der Waals surface area contributed by atoms with Crippen LogP contribution in [0.5, 0.6) is 5.75 Å². The van der Waals surface area contributed by atoms with Gasteiger partial charge in [0.2, 0.25) is 0 Å². The number of aromatic amines is 1. The van der Waals surface area contributed by atoms with Gasteiger partial charge in [-0.2, -0.15) is 0 Å². The summed E-state index contributed by atoms with van der Waals surface area (Å²) in [7, 11) is 0. The predicted molar refractivity (Wildman–Crippen MR) is 129 cm³/mol. The number of benzene rings is 1. The maximum Gasteiger partial charge on any atom is 0.274 e. The number of carbonyl (C=O) groups is 1. The van der Waals surface area contributed by atoms with Crippen molar-refractivity contribution in [1.29, 1.82) is 0 Å². The van der Waals surface area contributed by atoms with Gasteiger partial charge in [0.25, 0.3) is 5.91 Å². The molecule has 6 nitrogen and oxygen atoms in total. The molecular weight excluding hydrogens is 388 g/mol. The lowest BCUT2D eigenvalue weighted by molar-refractivity contribution is 0.0744. The highest BCUT2D eigenvalue weighted by molar-refractivity contribution is 6.11. The number of pyridine rings is 1. The van der Waals surface area contributed by atoms with Crippen LogP contribution in [0, 0.1) is 0 Å². The van der Waals surface area contributed by atoms with E-state index in [0.717, 1.165) is 66.5 Å². The lowest BCUT2D eigenvalue weighted by atomic mass is 10.1. The largest absolute Gasteiger partial charge is 0.488 e. The van der Waals surface area contributed by atoms with E-state index in [-0.39, 0.29) is 12.0 Å². The van der Waals surface area contributed by atoms with Gasteiger partial charge in [-0.3, -0.25) is 9.78 Å². The molecule has 6 heteroatoms. The second kappa shape index (κ2) is 10.0. The lowest BCUT2D eigenvalue weighted by Gasteiger charge is -2.21. The highest BCUT2D eigenvalue weighted by atomic mass is 16.5. The molecule has 2 heterocycles. The molecule has 0 fully saturated rings. The topological polar surface area (TPSA) is 61.5 Å². The molecule has 3 aromatic rings. The number of hydrogen-bond acceptors (Lipinski definition) is 4. The number of nitrogens with one attached hydrogen (secondary N) is 1. The summed E-state index contributed by atoms with van der Waals surface area (Å²) in [5.74, 6) is 0.596. The van der Waals surface area contributed by atoms with Crippen LogP contribution >= 0.6 is 0 Å². The number of amides is 1. The second-order valence-electron chi connectivity index (χ2n) is 8.21. The number of rotatable bonds is 10. The van der Waals surface area contributed by atoms with E-state index < -0.39 is 0 Å². The fourth-order valence-corrected chi connectivity index (χ4v) is 4.11. The SMILES string of the molecule is CCCN(CCC)C(=O)c1[nH]c2c(cnc3ccc(N(CC)CC)cc32)c1OC(C)C. The molecule has 0 atom stereocenters. The maximum atomic E-state index is 13.5. The van der Waals surface area contributed by atoms with Crippen molar-refractivity contribution in [3.63, 3.8) is 0 Å². The van der Waals surface area contributed by atoms with Crippen LogP contribution in [0.2, 0.25) is 0 Å². The average molecular weight is 425 g/mol. The zero-order chi connectivity index (χ0) is 22.5. The van der Waals surface area contributed by atoms with Gasteiger partial charge < -0.3 is 19.5 Å². The van der Waals surface area contributed by atoms with E-state index in [4.69, 9.17) is 4.74 Å². The van der Waals surface area contributed by atoms with E-state index in [0.29, 0.717) is 11.4 Å². The van der Waals surface area contributed by atoms with Crippen LogP contribution < -0.4 is 9.64 Å². The van der Waals surface area contributed by atoms with Gasteiger partial charge in [0.15, 0.2) is 5.75 Å². The Kier molecular flexibility index (Phi) is 7.42. The number of aromatic nitrogens is 2. The van der Waals surface area contributed by atoms with Gasteiger partial charge in [-0.1, -0.05) is 13.8 Å². The number of anilines is 1. The van der Waals surface area contributed by atoms with Crippen LogP contribution in [0.15, 0.2) is 24.4 Å². The summed E-state index contributed by atoms with van der Waals surface area (Å²) < 4.78 is 6.17. The minimum absolute atomic E-state index is 0.0106. The Bertz CT molecular complexity index is 1030. The summed E-state index contributed by atoms with van der Waals surface area (Å²) in [6.07, 6.45) is 3.62. The Morgan fingerprint density at radius 3 is 2.32 bits per heavy atom. The van der Waals surface area contributed by atoms with Gasteiger partial charge in [0.05, 0.1) is 22.5 Å². The fourth-order valence-electron chi connectivity index (χ4n) is 4.11. The summed E-state index contributed by atoms with van der Waals surface area (Å²) in [5.41, 5.74) is 3.48. The van der Waals surface area contributed by atoms with Gasteiger partial charge in [-0.25, -0.2) is 0 Å². The first-order valence-electron chi connectivity index (χ1n) is 11.6. The Morgan fingerprint density at radius 2 is 1.74 bits per heavy atom. The fraction of sp³-hybridized carbons (Fsp3) is 0.520. The summed E-state index contributed by atoms with van der Waals surface area (Å²) in [4.78, 5) is 25.8. The minimum Gasteiger partial charge on any atom is -0.488 e. The van der Waals surface area contributed by atoms with E-state index >= 15 is 0 Å². The Morgan fingerprint density at radius 1 is 1.06 bits per heavy atom. The Balaban J connectivity index is 2.22. The summed E-state index contributed by atoms with van der Waals surface area (Å²) in [5, 5.41) is 1.86. The molecule has 31 heavy (non-hydrogen) atoms. The van der Waals surface area contributed by atoms with Gasteiger partial charge in [0.1, 0.15) is 5.69 Å². The standard InChI is InChI=1S/C25H36N4O2/c1-7-13-29(14-8-2)25(30)23-24(31-17(5)6)20-16-26-21-12-11-18(28(9-3)10-4)15-19(21)22(20)27-23/h11-12,15-17,27H,7-10,13-14H2,1-6H3. The molecule has 0 aliphatic rings. The van der Waals surface area contributed by atoms with Crippen molar-refractivity contribution < 1.29 is 9.53 Å². The summed E-state index contributed by atoms with van der Waals surface area (Å²) in [6.45, 7) is 15.8. The smallest absolute Gasteiger partial charge is 0.274 e. The number of ether oxygens (including phenoxy) is 1. The van der Waals surface area contributed by atoms with Gasteiger partial charge in [0, 0.05) is 43.4 Å². The lowest BCUT2D eigenvalue weighted by Crippen LogP contribution is -2.33. The molecule has 0 radical (unpaired) electrons. The van der Waals surface area contributed by atoms with Crippen molar-refractivity contribution in [2.24, 2.45) is 0 Å². The van der Waals surface area contributed by atoms with Crippen molar-refractivity contribution in [2.75, 3.05) is 31.1 Å². The molecule has 1 N–H and O–H groups in total. The van der Waals surface area contributed by atoms with Gasteiger partial charge >= 0.3 is 0 Å². The first-order valence-corrected chi connectivity index (χ1v) is 11.6. The van der Waals surface area contributed by atoms with Gasteiger partial charge in [-0.15, -0.1) is 0 Å². The van der Waals surface area contributed by atoms with Crippen LogP contribution in [0.1, 0.15) is 64.9 Å². The second-order valence-corrected chi connectivity index (χ2v) is 8.21. The monoisotopic (exact) mass is 424 g/mol. The van der Waals surface area contributed by atoms with Crippen molar-refractivity contribution in [2.45, 2.75) is 60.5 Å². The molecule has 168 valence electrons. The summed E-state index contributed by atoms with van der Waals surface area (Å²) >= 11 is 0. The number of H-pyrrole nitrogens is 1. The molecular formula is C25H36N4O2. The number of fused-ring (bicyclic) bond motifs is 3. The highest BCUT2D eigenvalue weighted by Crippen LogP contribution is 2.36. The molecule has 0 saturated carbocycles. The normalized spacial score (nSPS) is 11.5. The zero-order valence-electron chi connectivity index (χ0n) is 19.8. The number of nitrogens with zero attached hydrogens (tertiary/aromatic N) is 3. The molecule has 0 unspecified atom stereocenters. The molecule has 2 aromatic heterocycles. The van der Waals surface area contributed by atoms with Crippen molar-refractivity contribution in [3.05, 3.63) is 30.1 Å². The highest BCUT2D eigenvalue weighted by Gasteiger charge is 2.25. The number of hydrogen-bond donors (Lipinski definition) is 1. The van der Waals surface area contributed by atoms with Crippen molar-refractivity contribution >= 4 is 33.4 Å². The average Bonchev–Trinajstić information content (AvgIpc) is 3.12. The third kappa shape index (κ3) is 4.63. The molecule has 3 rings (SSSR count). The van der Waals surface area contributed by atoms with Crippen molar-refractivity contribution in [1.82, 2.24) is 14.9 Å². The quantitative estimate of drug-likeness (QED) is 0.459. The first-order chi connectivity index (χ1) is 14.9. The van der Waals surface area contributed by atoms with Crippen molar-refractivity contribution in [3.8, 4) is 5.75 Å². The molecule has 0 spiro atoms. The first kappa shape index (κ1) is 22.9. The van der Waals surface area contributed by atoms with Crippen LogP contribution in [0.3, 0.4) is 0 Å². The molecule has 1 aromatic carbocycles. The number of carbonyl (C=O) groups excluding carboxylic acids is 1. The zero-order valence-corrected chi connectivity index (χ0v) is 19.8. The molecule has 0 saturated heterocycles. The van der Waals surface area contributed by atoms with E-state index in [1.54, 1.807) is 0 Å². The Labute approximate surface area is 185 Å². The van der Waals surface area contributed by atoms with E-state index in [9.17, 15) is 4.79 Å². The maximum absolute atomic E-state index is 13.5. The minimum atomic E-state index is -0.0472. The van der Waals surface area contributed by atoms with Crippen LogP contribution in [0.4, 0.5) is 5.69 Å². The van der Waals surface area contributed by atoms with E-state index in [1.807, 2.05) is 31.0 Å². The molecule has 0 aliphatic carbocycles. The van der Waals surface area contributed by atoms with Crippen LogP contribution in [-0.2, 0) is 0 Å². The third-order valence-electron chi connectivity index (χ3n) is 5.54. The summed E-state index contributed by atoms with van der Waals surface area (Å²) in [6, 6.07) is 6.32. The van der Waals surface area contributed by atoms with Crippen LogP contribution in [-0.4, -0.2) is 53.1 Å². The Hall–Kier alpha value is -2.76. The van der Waals surface area contributed by atoms with E-state index in [2.05, 4.69) is 54.7 Å². The predicted octanol–water partition coefficient (Wildman–Crippen LogP) is 5.61. The molecule has 0 bridgehead atoms. The van der Waals surface area contributed by atoms with E-state index in [1.165, 1.54) is 0 Å².